The monoisotopic (exact) mass is 489 g/mol. The molecular formula is C26H23N3O3S2. The highest BCUT2D eigenvalue weighted by Crippen LogP contribution is 2.23. The summed E-state index contributed by atoms with van der Waals surface area (Å²) in [6.45, 7) is 2.38. The van der Waals surface area contributed by atoms with Gasteiger partial charge in [-0.3, -0.25) is 9.10 Å². The van der Waals surface area contributed by atoms with E-state index in [1.807, 2.05) is 22.8 Å². The second-order valence-electron chi connectivity index (χ2n) is 7.58. The van der Waals surface area contributed by atoms with Crippen LogP contribution in [0.1, 0.15) is 22.8 Å². The average molecular weight is 490 g/mol. The van der Waals surface area contributed by atoms with Gasteiger partial charge in [-0.2, -0.15) is 4.99 Å². The van der Waals surface area contributed by atoms with Crippen LogP contribution in [-0.4, -0.2) is 25.9 Å². The number of fused-ring (bicyclic) bond motifs is 1. The highest BCUT2D eigenvalue weighted by Gasteiger charge is 2.21. The Kier molecular flexibility index (Phi) is 6.68. The topological polar surface area (TPSA) is 71.7 Å². The Labute approximate surface area is 202 Å². The molecule has 172 valence electrons. The predicted octanol–water partition coefficient (Wildman–Crippen LogP) is 4.46. The van der Waals surface area contributed by atoms with Gasteiger partial charge in [0.1, 0.15) is 0 Å². The molecule has 1 aromatic heterocycles. The van der Waals surface area contributed by atoms with Crippen molar-refractivity contribution in [3.63, 3.8) is 0 Å². The number of benzene rings is 3. The summed E-state index contributed by atoms with van der Waals surface area (Å²) < 4.78 is 30.0. The Morgan fingerprint density at radius 1 is 1.09 bits per heavy atom. The van der Waals surface area contributed by atoms with Crippen molar-refractivity contribution in [2.45, 2.75) is 24.8 Å². The second-order valence-corrected chi connectivity index (χ2v) is 10.6. The maximum absolute atomic E-state index is 13.0. The van der Waals surface area contributed by atoms with Gasteiger partial charge < -0.3 is 4.57 Å². The molecule has 3 aromatic carbocycles. The fourth-order valence-electron chi connectivity index (χ4n) is 3.52. The number of hydrogen-bond acceptors (Lipinski definition) is 4. The molecule has 6 nitrogen and oxygen atoms in total. The molecule has 34 heavy (non-hydrogen) atoms. The van der Waals surface area contributed by atoms with E-state index < -0.39 is 15.9 Å². The van der Waals surface area contributed by atoms with Gasteiger partial charge in [0.15, 0.2) is 4.80 Å². The predicted molar refractivity (Wildman–Crippen MR) is 136 cm³/mol. The van der Waals surface area contributed by atoms with Gasteiger partial charge in [-0.1, -0.05) is 48.4 Å². The van der Waals surface area contributed by atoms with Crippen LogP contribution < -0.4 is 9.11 Å². The summed E-state index contributed by atoms with van der Waals surface area (Å²) in [5.41, 5.74) is 2.96. The fourth-order valence-corrected chi connectivity index (χ4v) is 5.81. The smallest absolute Gasteiger partial charge is 0.279 e. The van der Waals surface area contributed by atoms with Gasteiger partial charge in [0.2, 0.25) is 0 Å². The molecule has 0 radical (unpaired) electrons. The Morgan fingerprint density at radius 3 is 2.44 bits per heavy atom. The number of rotatable bonds is 6. The maximum Gasteiger partial charge on any atom is 0.279 e. The zero-order valence-electron chi connectivity index (χ0n) is 18.8. The first-order valence-electron chi connectivity index (χ1n) is 10.6. The van der Waals surface area contributed by atoms with E-state index in [2.05, 4.69) is 23.9 Å². The van der Waals surface area contributed by atoms with Crippen LogP contribution >= 0.6 is 11.3 Å². The molecule has 0 unspecified atom stereocenters. The van der Waals surface area contributed by atoms with Crippen molar-refractivity contribution in [3.8, 4) is 12.3 Å². The van der Waals surface area contributed by atoms with Crippen molar-refractivity contribution >= 4 is 43.2 Å². The van der Waals surface area contributed by atoms with Crippen molar-refractivity contribution in [1.29, 1.82) is 0 Å². The molecule has 0 atom stereocenters. The molecule has 8 heteroatoms. The average Bonchev–Trinajstić information content (AvgIpc) is 3.20. The summed E-state index contributed by atoms with van der Waals surface area (Å²) in [5.74, 6) is 2.15. The van der Waals surface area contributed by atoms with E-state index in [0.717, 1.165) is 16.6 Å². The summed E-state index contributed by atoms with van der Waals surface area (Å²) in [6.07, 6.45) is 6.45. The number of carbonyl (C=O) groups excluding carboxylic acids is 1. The second kappa shape index (κ2) is 9.67. The van der Waals surface area contributed by atoms with Crippen LogP contribution in [0, 0.1) is 12.3 Å². The van der Waals surface area contributed by atoms with Gasteiger partial charge in [0.05, 0.1) is 27.3 Å². The number of aryl methyl sites for hydroxylation is 1. The SMILES string of the molecule is C#CCn1c(=NC(=O)c2ccc(S(=O)(=O)N(C)c3ccccc3)cc2)sc2cc(CC)ccc21. The minimum atomic E-state index is -3.76. The molecule has 0 saturated heterocycles. The van der Waals surface area contributed by atoms with Crippen molar-refractivity contribution in [2.24, 2.45) is 4.99 Å². The first-order chi connectivity index (χ1) is 16.3. The first-order valence-corrected chi connectivity index (χ1v) is 12.9. The number of anilines is 1. The number of terminal acetylenes is 1. The van der Waals surface area contributed by atoms with E-state index >= 15 is 0 Å². The zero-order valence-corrected chi connectivity index (χ0v) is 20.4. The van der Waals surface area contributed by atoms with Crippen LogP contribution in [0.4, 0.5) is 5.69 Å². The first kappa shape index (κ1) is 23.5. The summed E-state index contributed by atoms with van der Waals surface area (Å²) >= 11 is 1.40. The van der Waals surface area contributed by atoms with Gasteiger partial charge in [-0.05, 0) is 60.5 Å². The molecule has 0 bridgehead atoms. The molecule has 0 N–H and O–H groups in total. The van der Waals surface area contributed by atoms with E-state index in [9.17, 15) is 13.2 Å². The van der Waals surface area contributed by atoms with Crippen molar-refractivity contribution < 1.29 is 13.2 Å². The number of sulfonamides is 1. The lowest BCUT2D eigenvalue weighted by molar-refractivity contribution is 0.0998. The third-order valence-electron chi connectivity index (χ3n) is 5.48. The highest BCUT2D eigenvalue weighted by atomic mass is 32.2. The molecule has 1 amide bonds. The quantitative estimate of drug-likeness (QED) is 0.375. The largest absolute Gasteiger partial charge is 0.305 e. The van der Waals surface area contributed by atoms with Gasteiger partial charge in [-0.25, -0.2) is 8.42 Å². The van der Waals surface area contributed by atoms with Crippen molar-refractivity contribution in [2.75, 3.05) is 11.4 Å². The molecule has 0 spiro atoms. The van der Waals surface area contributed by atoms with Crippen LogP contribution in [0.5, 0.6) is 0 Å². The van der Waals surface area contributed by atoms with E-state index in [1.165, 1.54) is 52.5 Å². The van der Waals surface area contributed by atoms with Crippen LogP contribution in [0.25, 0.3) is 10.2 Å². The number of thiazole rings is 1. The van der Waals surface area contributed by atoms with Crippen LogP contribution in [0.15, 0.2) is 82.7 Å². The molecule has 0 aliphatic rings. The van der Waals surface area contributed by atoms with E-state index in [-0.39, 0.29) is 4.90 Å². The number of carbonyl (C=O) groups is 1. The normalized spacial score (nSPS) is 12.0. The number of para-hydroxylation sites is 1. The summed E-state index contributed by atoms with van der Waals surface area (Å²) in [5, 5.41) is 0. The highest BCUT2D eigenvalue weighted by molar-refractivity contribution is 7.92. The van der Waals surface area contributed by atoms with E-state index in [0.29, 0.717) is 22.6 Å². The summed E-state index contributed by atoms with van der Waals surface area (Å²) in [6, 6.07) is 20.7. The number of aromatic nitrogens is 1. The third kappa shape index (κ3) is 4.53. The molecular weight excluding hydrogens is 466 g/mol. The van der Waals surface area contributed by atoms with Gasteiger partial charge in [-0.15, -0.1) is 6.42 Å². The third-order valence-corrected chi connectivity index (χ3v) is 8.32. The zero-order chi connectivity index (χ0) is 24.3. The lowest BCUT2D eigenvalue weighted by atomic mass is 10.2. The maximum atomic E-state index is 13.0. The molecule has 0 aliphatic heterocycles. The molecule has 4 rings (SSSR count). The molecule has 0 fully saturated rings. The van der Waals surface area contributed by atoms with Crippen LogP contribution in [0.2, 0.25) is 0 Å². The lowest BCUT2D eigenvalue weighted by Gasteiger charge is -2.19. The standard InChI is InChI=1S/C26H23N3O3S2/c1-4-17-29-23-16-11-19(5-2)18-24(23)33-26(29)27-25(30)20-12-14-22(15-13-20)34(31,32)28(3)21-9-7-6-8-10-21/h1,6-16,18H,5,17H2,2-3H3. The Balaban J connectivity index is 1.66. The molecule has 4 aromatic rings. The van der Waals surface area contributed by atoms with E-state index in [1.54, 1.807) is 24.3 Å². The minimum Gasteiger partial charge on any atom is -0.305 e. The van der Waals surface area contributed by atoms with Crippen molar-refractivity contribution in [1.82, 2.24) is 4.57 Å². The van der Waals surface area contributed by atoms with Crippen molar-refractivity contribution in [3.05, 3.63) is 88.7 Å². The van der Waals surface area contributed by atoms with Gasteiger partial charge in [0.25, 0.3) is 15.9 Å². The number of amides is 1. The lowest BCUT2D eigenvalue weighted by Crippen LogP contribution is -2.26. The number of nitrogens with zero attached hydrogens (tertiary/aromatic N) is 3. The Morgan fingerprint density at radius 2 is 1.79 bits per heavy atom. The Hall–Kier alpha value is -3.67. The fraction of sp³-hybridized carbons (Fsp3) is 0.154. The van der Waals surface area contributed by atoms with Gasteiger partial charge in [0, 0.05) is 12.6 Å². The summed E-state index contributed by atoms with van der Waals surface area (Å²) in [7, 11) is -2.27. The van der Waals surface area contributed by atoms with Crippen LogP contribution in [0.3, 0.4) is 0 Å². The Bertz CT molecular complexity index is 1560. The minimum absolute atomic E-state index is 0.0896. The summed E-state index contributed by atoms with van der Waals surface area (Å²) in [4.78, 5) is 17.8. The van der Waals surface area contributed by atoms with Gasteiger partial charge >= 0.3 is 0 Å². The van der Waals surface area contributed by atoms with Crippen LogP contribution in [-0.2, 0) is 23.0 Å². The number of hydrogen-bond donors (Lipinski definition) is 0. The molecule has 0 saturated carbocycles. The molecule has 0 aliphatic carbocycles. The van der Waals surface area contributed by atoms with E-state index in [4.69, 9.17) is 6.42 Å². The molecule has 1 heterocycles.